The van der Waals surface area contributed by atoms with E-state index in [1.54, 1.807) is 13.8 Å². The van der Waals surface area contributed by atoms with Crippen molar-refractivity contribution in [2.75, 3.05) is 5.32 Å². The number of nitrogens with zero attached hydrogens (tertiary/aromatic N) is 3. The first kappa shape index (κ1) is 29.7. The summed E-state index contributed by atoms with van der Waals surface area (Å²) in [5.74, 6) is -0.446. The number of aliphatic hydroxyl groups excluding tert-OH is 1. The zero-order chi connectivity index (χ0) is 32.5. The van der Waals surface area contributed by atoms with Crippen LogP contribution in [0, 0.1) is 28.6 Å². The van der Waals surface area contributed by atoms with Gasteiger partial charge in [0.1, 0.15) is 35.6 Å². The Kier molecular flexibility index (Phi) is 6.83. The number of carbonyl (C=O) groups is 2. The van der Waals surface area contributed by atoms with Gasteiger partial charge in [-0.15, -0.1) is 0 Å². The van der Waals surface area contributed by atoms with Crippen LogP contribution in [0.15, 0.2) is 57.6 Å². The summed E-state index contributed by atoms with van der Waals surface area (Å²) in [5, 5.41) is 26.8. The monoisotopic (exact) mass is 621 g/mol. The highest BCUT2D eigenvalue weighted by molar-refractivity contribution is 5.89. The summed E-state index contributed by atoms with van der Waals surface area (Å²) in [5.41, 5.74) is 2.10. The fourth-order valence-electron chi connectivity index (χ4n) is 6.85. The van der Waals surface area contributed by atoms with Crippen molar-refractivity contribution < 1.29 is 28.3 Å². The smallest absolute Gasteiger partial charge is 0.250 e. The molecule has 5 atom stereocenters. The minimum absolute atomic E-state index is 0.0875. The molecule has 4 aromatic rings. The van der Waals surface area contributed by atoms with Crippen molar-refractivity contribution in [3.8, 4) is 23.4 Å². The van der Waals surface area contributed by atoms with Gasteiger partial charge in [-0.3, -0.25) is 9.59 Å². The maximum Gasteiger partial charge on any atom is 0.250 e. The van der Waals surface area contributed by atoms with Gasteiger partial charge in [0.2, 0.25) is 17.7 Å². The fraction of sp³-hybridized carbons (Fsp3) is 0.400. The maximum absolute atomic E-state index is 14.1. The highest BCUT2D eigenvalue weighted by Gasteiger charge is 2.61. The predicted octanol–water partition coefficient (Wildman–Crippen LogP) is 5.03. The molecule has 2 aromatic heterocycles. The number of hydrogen-bond acceptors (Lipinski definition) is 10. The average Bonchev–Trinajstić information content (AvgIpc) is 3.78. The molecule has 0 saturated heterocycles. The molecule has 0 aliphatic carbocycles. The van der Waals surface area contributed by atoms with Gasteiger partial charge in [-0.05, 0) is 41.0 Å². The second kappa shape index (κ2) is 10.6. The maximum atomic E-state index is 14.1. The summed E-state index contributed by atoms with van der Waals surface area (Å²) in [6.07, 6.45) is -0.410. The van der Waals surface area contributed by atoms with E-state index in [0.29, 0.717) is 11.5 Å². The Morgan fingerprint density at radius 3 is 2.65 bits per heavy atom. The molecule has 3 N–H and O–H groups in total. The lowest BCUT2D eigenvalue weighted by Gasteiger charge is -2.32. The number of ketones is 1. The van der Waals surface area contributed by atoms with E-state index in [4.69, 9.17) is 18.6 Å². The van der Waals surface area contributed by atoms with Crippen molar-refractivity contribution >= 4 is 17.4 Å². The molecule has 5 heterocycles. The molecule has 11 nitrogen and oxygen atoms in total. The van der Waals surface area contributed by atoms with Crippen molar-refractivity contribution in [2.45, 2.75) is 71.2 Å². The van der Waals surface area contributed by atoms with Crippen LogP contribution in [0.3, 0.4) is 0 Å². The first-order valence-corrected chi connectivity index (χ1v) is 15.5. The minimum atomic E-state index is -1.18. The Bertz CT molecular complexity index is 1910. The third kappa shape index (κ3) is 4.50. The van der Waals surface area contributed by atoms with Crippen LogP contribution in [0.5, 0.6) is 5.75 Å². The van der Waals surface area contributed by atoms with Gasteiger partial charge in [0.05, 0.1) is 0 Å². The second-order valence-corrected chi connectivity index (χ2v) is 13.8. The molecule has 4 bridgehead atoms. The molecule has 0 saturated carbocycles. The molecule has 2 aromatic carbocycles. The van der Waals surface area contributed by atoms with Crippen LogP contribution in [0.4, 0.5) is 5.69 Å². The zero-order valence-electron chi connectivity index (χ0n) is 26.2. The number of carbonyl (C=O) groups excluding carboxylic acids is 2. The lowest BCUT2D eigenvalue weighted by Crippen LogP contribution is -2.42. The molecule has 46 heavy (non-hydrogen) atoms. The molecule has 236 valence electrons. The van der Waals surface area contributed by atoms with Crippen LogP contribution in [-0.2, 0) is 21.4 Å². The van der Waals surface area contributed by atoms with Crippen LogP contribution in [-0.4, -0.2) is 39.1 Å². The number of benzene rings is 2. The molecule has 0 radical (unpaired) electrons. The van der Waals surface area contributed by atoms with Gasteiger partial charge < -0.3 is 29.3 Å². The topological polar surface area (TPSA) is 164 Å². The van der Waals surface area contributed by atoms with Crippen LogP contribution in [0.1, 0.15) is 81.1 Å². The molecule has 1 amide bonds. The summed E-state index contributed by atoms with van der Waals surface area (Å²) >= 11 is 0. The first-order valence-electron chi connectivity index (χ1n) is 15.5. The van der Waals surface area contributed by atoms with Gasteiger partial charge in [0.25, 0.3) is 0 Å². The third-order valence-electron chi connectivity index (χ3n) is 9.23. The minimum Gasteiger partial charge on any atom is -0.469 e. The largest absolute Gasteiger partial charge is 0.469 e. The van der Waals surface area contributed by atoms with Crippen molar-refractivity contribution in [3.63, 3.8) is 0 Å². The zero-order valence-corrected chi connectivity index (χ0v) is 26.2. The number of amides is 1. The number of ether oxygens (including phenoxy) is 1. The molecular weight excluding hydrogens is 586 g/mol. The van der Waals surface area contributed by atoms with Gasteiger partial charge >= 0.3 is 0 Å². The number of rotatable bonds is 5. The summed E-state index contributed by atoms with van der Waals surface area (Å²) in [6, 6.07) is 14.9. The number of aliphatic hydroxyl groups is 1. The number of para-hydroxylation sites is 1. The normalized spacial score (nSPS) is 23.6. The van der Waals surface area contributed by atoms with Crippen molar-refractivity contribution in [1.82, 2.24) is 15.3 Å². The predicted molar refractivity (Wildman–Crippen MR) is 166 cm³/mol. The van der Waals surface area contributed by atoms with Gasteiger partial charge in [0.15, 0.2) is 29.2 Å². The molecule has 1 unspecified atom stereocenters. The van der Waals surface area contributed by atoms with E-state index in [-0.39, 0.29) is 53.6 Å². The number of nitrogens with one attached hydrogen (secondary N) is 2. The van der Waals surface area contributed by atoms with Gasteiger partial charge in [-0.25, -0.2) is 4.98 Å². The van der Waals surface area contributed by atoms with E-state index < -0.39 is 35.1 Å². The molecule has 7 rings (SSSR count). The van der Waals surface area contributed by atoms with Gasteiger partial charge in [-0.2, -0.15) is 10.2 Å². The molecule has 0 fully saturated rings. The Morgan fingerprint density at radius 2 is 1.93 bits per heavy atom. The number of anilines is 1. The molecule has 11 heteroatoms. The Morgan fingerprint density at radius 1 is 1.15 bits per heavy atom. The van der Waals surface area contributed by atoms with Crippen LogP contribution < -0.4 is 15.4 Å². The van der Waals surface area contributed by atoms with Crippen molar-refractivity contribution in [2.24, 2.45) is 17.3 Å². The number of fused-ring (bicyclic) bond motifs is 4. The summed E-state index contributed by atoms with van der Waals surface area (Å²) in [7, 11) is 0. The molecule has 3 aliphatic rings. The quantitative estimate of drug-likeness (QED) is 0.275. The third-order valence-corrected chi connectivity index (χ3v) is 9.23. The van der Waals surface area contributed by atoms with Crippen LogP contribution >= 0.6 is 0 Å². The van der Waals surface area contributed by atoms with E-state index in [0.717, 1.165) is 22.4 Å². The number of hydrogen-bond donors (Lipinski definition) is 3. The summed E-state index contributed by atoms with van der Waals surface area (Å²) in [6.45, 7) is 9.42. The number of nitriles is 1. The standard InChI is InChI=1S/C35H35N5O6/c1-17(2)27(42)24(41)14-19-12-18-10-11-25-22(13-18)35(21-8-6-7-9-23(21)38-33(35)45-25)29-26(31-37-20(15-36)16-44-31)39-32(46-29)28(34(3,4)5)40-30(19)43/h6-11,13,16-17,19,27-28,33,38,42H,12,14H2,1-5H3,(H,40,43)/t19-,27+,28-,33+,35?/m1/s1. The molecular formula is C35H35N5O6. The van der Waals surface area contributed by atoms with E-state index in [2.05, 4.69) is 15.6 Å². The lowest BCUT2D eigenvalue weighted by molar-refractivity contribution is -0.135. The highest BCUT2D eigenvalue weighted by Crippen LogP contribution is 2.59. The summed E-state index contributed by atoms with van der Waals surface area (Å²) in [4.78, 5) is 36.6. The van der Waals surface area contributed by atoms with Gasteiger partial charge in [0, 0.05) is 23.6 Å². The van der Waals surface area contributed by atoms with E-state index >= 15 is 0 Å². The highest BCUT2D eigenvalue weighted by atomic mass is 16.5. The number of Topliss-reactive ketones (excluding diaryl/α,β-unsaturated/α-hetero) is 1. The first-order chi connectivity index (χ1) is 21.9. The Balaban J connectivity index is 1.50. The summed E-state index contributed by atoms with van der Waals surface area (Å²) < 4.78 is 19.2. The number of oxazole rings is 2. The van der Waals surface area contributed by atoms with Crippen molar-refractivity contribution in [1.29, 1.82) is 5.26 Å². The molecule has 1 spiro atoms. The van der Waals surface area contributed by atoms with E-state index in [9.17, 15) is 20.0 Å². The second-order valence-electron chi connectivity index (χ2n) is 13.8. The van der Waals surface area contributed by atoms with E-state index in [1.165, 1.54) is 6.26 Å². The molecule has 3 aliphatic heterocycles. The average molecular weight is 622 g/mol. The lowest BCUT2D eigenvalue weighted by atomic mass is 9.72. The van der Waals surface area contributed by atoms with Crippen LogP contribution in [0.25, 0.3) is 11.6 Å². The van der Waals surface area contributed by atoms with Crippen molar-refractivity contribution in [3.05, 3.63) is 82.8 Å². The Labute approximate surface area is 266 Å². The van der Waals surface area contributed by atoms with E-state index in [1.807, 2.05) is 69.3 Å². The van der Waals surface area contributed by atoms with Crippen LogP contribution in [0.2, 0.25) is 0 Å². The fourth-order valence-corrected chi connectivity index (χ4v) is 6.85. The van der Waals surface area contributed by atoms with Gasteiger partial charge in [-0.1, -0.05) is 65.0 Å². The number of aromatic nitrogens is 2. The Hall–Kier alpha value is -4.95. The SMILES string of the molecule is CC(C)[C@H](O)C(=O)C[C@H]1Cc2ccc3c(c2)C2(c4ccccc4N[C@H]2O3)c2oc(nc2-c2nc(C#N)co2)[C@H](C(C)(C)C)NC1=O.